The van der Waals surface area contributed by atoms with Crippen molar-refractivity contribution in [2.45, 2.75) is 46.2 Å². The van der Waals surface area contributed by atoms with Gasteiger partial charge in [-0.1, -0.05) is 44.9 Å². The zero-order valence-corrected chi connectivity index (χ0v) is 11.4. The van der Waals surface area contributed by atoms with Crippen LogP contribution in [0.1, 0.15) is 38.8 Å². The number of aromatic nitrogens is 2. The van der Waals surface area contributed by atoms with Gasteiger partial charge in [0.15, 0.2) is 0 Å². The van der Waals surface area contributed by atoms with Crippen LogP contribution in [0.25, 0.3) is 10.9 Å². The lowest BCUT2D eigenvalue weighted by atomic mass is 10.2. The van der Waals surface area contributed by atoms with Crippen molar-refractivity contribution in [1.29, 1.82) is 0 Å². The molecule has 98 valence electrons. The number of nitrogens with zero attached hydrogens (tertiary/aromatic N) is 2. The van der Waals surface area contributed by atoms with Gasteiger partial charge in [0.2, 0.25) is 0 Å². The molecule has 0 aliphatic heterocycles. The van der Waals surface area contributed by atoms with Crippen molar-refractivity contribution < 1.29 is 0 Å². The molecule has 0 saturated carbocycles. The average molecular weight is 245 g/mol. The van der Waals surface area contributed by atoms with Crippen molar-refractivity contribution in [3.63, 3.8) is 0 Å². The fourth-order valence-corrected chi connectivity index (χ4v) is 2.25. The van der Waals surface area contributed by atoms with E-state index in [1.165, 1.54) is 35.9 Å². The summed E-state index contributed by atoms with van der Waals surface area (Å²) >= 11 is 0. The van der Waals surface area contributed by atoms with Gasteiger partial charge in [-0.3, -0.25) is 4.68 Å². The molecule has 0 fully saturated rings. The first-order chi connectivity index (χ1) is 8.86. The summed E-state index contributed by atoms with van der Waals surface area (Å²) < 4.78 is 2.16. The third-order valence-electron chi connectivity index (χ3n) is 3.25. The number of hydrogen-bond donors (Lipinski definition) is 1. The van der Waals surface area contributed by atoms with Gasteiger partial charge < -0.3 is 5.32 Å². The smallest absolute Gasteiger partial charge is 0.0841 e. The largest absolute Gasteiger partial charge is 0.311 e. The van der Waals surface area contributed by atoms with E-state index in [9.17, 15) is 0 Å². The highest BCUT2D eigenvalue weighted by atomic mass is 15.3. The first-order valence-electron chi connectivity index (χ1n) is 7.02. The van der Waals surface area contributed by atoms with E-state index >= 15 is 0 Å². The van der Waals surface area contributed by atoms with Crippen LogP contribution in [0.4, 0.5) is 0 Å². The lowest BCUT2D eigenvalue weighted by molar-refractivity contribution is 0.557. The van der Waals surface area contributed by atoms with E-state index in [1.807, 2.05) is 0 Å². The zero-order valence-electron chi connectivity index (χ0n) is 11.4. The maximum absolute atomic E-state index is 4.75. The predicted molar refractivity (Wildman–Crippen MR) is 76.6 cm³/mol. The van der Waals surface area contributed by atoms with Crippen LogP contribution in [-0.4, -0.2) is 16.3 Å². The third-order valence-corrected chi connectivity index (χ3v) is 3.25. The molecule has 3 heteroatoms. The highest BCUT2D eigenvalue weighted by Gasteiger charge is 2.08. The molecule has 0 saturated heterocycles. The first-order valence-corrected chi connectivity index (χ1v) is 7.02. The van der Waals surface area contributed by atoms with Gasteiger partial charge in [0, 0.05) is 18.5 Å². The molecule has 2 rings (SSSR count). The highest BCUT2D eigenvalue weighted by Crippen LogP contribution is 2.19. The van der Waals surface area contributed by atoms with Crippen LogP contribution in [0.15, 0.2) is 24.3 Å². The summed E-state index contributed by atoms with van der Waals surface area (Å²) in [5, 5.41) is 9.40. The maximum Gasteiger partial charge on any atom is 0.0841 e. The summed E-state index contributed by atoms with van der Waals surface area (Å²) in [6.07, 6.45) is 3.74. The number of unbranched alkanes of at least 4 members (excludes halogenated alkanes) is 2. The first kappa shape index (κ1) is 13.1. The van der Waals surface area contributed by atoms with Gasteiger partial charge in [0.05, 0.1) is 11.2 Å². The second kappa shape index (κ2) is 6.55. The number of fused-ring (bicyclic) bond motifs is 1. The maximum atomic E-state index is 4.75. The molecule has 3 nitrogen and oxygen atoms in total. The Kier molecular flexibility index (Phi) is 4.76. The Morgan fingerprint density at radius 3 is 2.78 bits per heavy atom. The van der Waals surface area contributed by atoms with Crippen molar-refractivity contribution in [3.8, 4) is 0 Å². The minimum Gasteiger partial charge on any atom is -0.311 e. The molecule has 1 N–H and O–H groups in total. The summed E-state index contributed by atoms with van der Waals surface area (Å²) in [6, 6.07) is 8.53. The van der Waals surface area contributed by atoms with E-state index in [4.69, 9.17) is 5.10 Å². The van der Waals surface area contributed by atoms with Gasteiger partial charge >= 0.3 is 0 Å². The highest BCUT2D eigenvalue weighted by molar-refractivity contribution is 5.81. The Hall–Kier alpha value is -1.35. The molecule has 1 aromatic heterocycles. The lowest BCUT2D eigenvalue weighted by Crippen LogP contribution is -2.12. The van der Waals surface area contributed by atoms with E-state index in [2.05, 4.69) is 48.1 Å². The van der Waals surface area contributed by atoms with E-state index in [0.29, 0.717) is 0 Å². The second-order valence-electron chi connectivity index (χ2n) is 4.67. The Bertz CT molecular complexity index is 487. The van der Waals surface area contributed by atoms with Crippen LogP contribution in [0.5, 0.6) is 0 Å². The monoisotopic (exact) mass is 245 g/mol. The molecular formula is C15H23N3. The fraction of sp³-hybridized carbons (Fsp3) is 0.533. The SMILES string of the molecule is CCCCCn1nc(CNCC)c2ccccc21. The topological polar surface area (TPSA) is 29.9 Å². The lowest BCUT2D eigenvalue weighted by Gasteiger charge is -2.02. The molecule has 0 spiro atoms. The van der Waals surface area contributed by atoms with Crippen molar-refractivity contribution in [2.75, 3.05) is 6.54 Å². The number of hydrogen-bond acceptors (Lipinski definition) is 2. The zero-order chi connectivity index (χ0) is 12.8. The van der Waals surface area contributed by atoms with Crippen LogP contribution < -0.4 is 5.32 Å². The molecule has 0 aliphatic carbocycles. The Labute approximate surface area is 109 Å². The van der Waals surface area contributed by atoms with Gasteiger partial charge in [0.1, 0.15) is 0 Å². The standard InChI is InChI=1S/C15H23N3/c1-3-5-8-11-18-15-10-7-6-9-13(15)14(17-18)12-16-4-2/h6-7,9-10,16H,3-5,8,11-12H2,1-2H3. The molecule has 0 atom stereocenters. The Morgan fingerprint density at radius 1 is 1.17 bits per heavy atom. The van der Waals surface area contributed by atoms with E-state index in [0.717, 1.165) is 19.6 Å². The number of rotatable bonds is 7. The molecular weight excluding hydrogens is 222 g/mol. The molecule has 0 aliphatic rings. The molecule has 0 amide bonds. The van der Waals surface area contributed by atoms with Crippen LogP contribution >= 0.6 is 0 Å². The number of benzene rings is 1. The normalized spacial score (nSPS) is 11.2. The van der Waals surface area contributed by atoms with Crippen LogP contribution in [-0.2, 0) is 13.1 Å². The van der Waals surface area contributed by atoms with Crippen LogP contribution in [0.3, 0.4) is 0 Å². The summed E-state index contributed by atoms with van der Waals surface area (Å²) in [4.78, 5) is 0. The van der Waals surface area contributed by atoms with Gasteiger partial charge in [0.25, 0.3) is 0 Å². The summed E-state index contributed by atoms with van der Waals surface area (Å²) in [5.74, 6) is 0. The predicted octanol–water partition coefficient (Wildman–Crippen LogP) is 3.34. The summed E-state index contributed by atoms with van der Waals surface area (Å²) in [6.45, 7) is 7.23. The number of para-hydroxylation sites is 1. The quantitative estimate of drug-likeness (QED) is 0.758. The minimum absolute atomic E-state index is 0.859. The molecule has 1 aromatic carbocycles. The van der Waals surface area contributed by atoms with Crippen molar-refractivity contribution in [3.05, 3.63) is 30.0 Å². The average Bonchev–Trinajstić information content (AvgIpc) is 2.76. The third kappa shape index (κ3) is 2.91. The van der Waals surface area contributed by atoms with Crippen molar-refractivity contribution in [1.82, 2.24) is 15.1 Å². The number of nitrogens with one attached hydrogen (secondary N) is 1. The summed E-state index contributed by atoms with van der Waals surface area (Å²) in [5.41, 5.74) is 2.44. The van der Waals surface area contributed by atoms with Gasteiger partial charge in [-0.2, -0.15) is 5.10 Å². The van der Waals surface area contributed by atoms with Gasteiger partial charge in [-0.15, -0.1) is 0 Å². The number of aryl methyl sites for hydroxylation is 1. The van der Waals surface area contributed by atoms with Crippen LogP contribution in [0.2, 0.25) is 0 Å². The van der Waals surface area contributed by atoms with E-state index in [-0.39, 0.29) is 0 Å². The van der Waals surface area contributed by atoms with E-state index in [1.54, 1.807) is 0 Å². The van der Waals surface area contributed by atoms with Crippen molar-refractivity contribution >= 4 is 10.9 Å². The molecule has 18 heavy (non-hydrogen) atoms. The second-order valence-corrected chi connectivity index (χ2v) is 4.67. The van der Waals surface area contributed by atoms with Gasteiger partial charge in [-0.05, 0) is 19.0 Å². The van der Waals surface area contributed by atoms with Crippen molar-refractivity contribution in [2.24, 2.45) is 0 Å². The summed E-state index contributed by atoms with van der Waals surface area (Å²) in [7, 11) is 0. The minimum atomic E-state index is 0.859. The molecule has 1 heterocycles. The van der Waals surface area contributed by atoms with E-state index < -0.39 is 0 Å². The molecule has 0 radical (unpaired) electrons. The molecule has 0 bridgehead atoms. The Balaban J connectivity index is 2.23. The molecule has 2 aromatic rings. The van der Waals surface area contributed by atoms with Crippen LogP contribution in [0, 0.1) is 0 Å². The fourth-order valence-electron chi connectivity index (χ4n) is 2.25. The van der Waals surface area contributed by atoms with Gasteiger partial charge in [-0.25, -0.2) is 0 Å². The molecule has 0 unspecified atom stereocenters. The Morgan fingerprint density at radius 2 is 2.00 bits per heavy atom.